The predicted molar refractivity (Wildman–Crippen MR) is 119 cm³/mol. The van der Waals surface area contributed by atoms with Crippen LogP contribution in [0.1, 0.15) is 31.9 Å². The summed E-state index contributed by atoms with van der Waals surface area (Å²) < 4.78 is 4.85. The molecular weight excluding hydrogens is 396 g/mol. The van der Waals surface area contributed by atoms with Gasteiger partial charge in [0.1, 0.15) is 6.54 Å². The molecule has 0 unspecified atom stereocenters. The summed E-state index contributed by atoms with van der Waals surface area (Å²) >= 11 is 0. The lowest BCUT2D eigenvalue weighted by Crippen LogP contribution is -2.38. The Morgan fingerprint density at radius 3 is 2.55 bits per heavy atom. The van der Waals surface area contributed by atoms with Gasteiger partial charge in [0, 0.05) is 29.7 Å². The first-order valence-electron chi connectivity index (χ1n) is 9.89. The molecule has 2 aromatic rings. The lowest BCUT2D eigenvalue weighted by Gasteiger charge is -2.32. The lowest BCUT2D eigenvalue weighted by atomic mass is 9.89. The van der Waals surface area contributed by atoms with Crippen molar-refractivity contribution < 1.29 is 19.4 Å². The van der Waals surface area contributed by atoms with Crippen molar-refractivity contribution in [3.05, 3.63) is 65.6 Å². The van der Waals surface area contributed by atoms with Gasteiger partial charge in [-0.05, 0) is 44.0 Å². The molecule has 0 radical (unpaired) electrons. The number of nitrogens with one attached hydrogen (secondary N) is 1. The van der Waals surface area contributed by atoms with E-state index >= 15 is 0 Å². The van der Waals surface area contributed by atoms with E-state index in [2.05, 4.69) is 15.4 Å². The highest BCUT2D eigenvalue weighted by Crippen LogP contribution is 2.42. The number of aliphatic hydroxyl groups excluding tert-OH is 1. The molecule has 1 amide bonds. The van der Waals surface area contributed by atoms with Crippen molar-refractivity contribution in [2.45, 2.75) is 20.8 Å². The number of esters is 1. The third-order valence-corrected chi connectivity index (χ3v) is 4.65. The maximum Gasteiger partial charge on any atom is 0.325 e. The minimum Gasteiger partial charge on any atom is -0.505 e. The fourth-order valence-corrected chi connectivity index (χ4v) is 3.41. The summed E-state index contributed by atoms with van der Waals surface area (Å²) in [4.78, 5) is 28.7. The van der Waals surface area contributed by atoms with Crippen LogP contribution in [0, 0.1) is 0 Å². The van der Waals surface area contributed by atoms with E-state index in [1.807, 2.05) is 37.3 Å². The molecule has 8 heteroatoms. The summed E-state index contributed by atoms with van der Waals surface area (Å²) in [7, 11) is 0. The van der Waals surface area contributed by atoms with Crippen LogP contribution in [-0.4, -0.2) is 46.3 Å². The van der Waals surface area contributed by atoms with Gasteiger partial charge in [0.2, 0.25) is 0 Å². The second-order valence-electron chi connectivity index (χ2n) is 6.51. The summed E-state index contributed by atoms with van der Waals surface area (Å²) in [5.74, 6) is -1.44. The van der Waals surface area contributed by atoms with Gasteiger partial charge < -0.3 is 15.2 Å². The fourth-order valence-electron chi connectivity index (χ4n) is 3.41. The number of amides is 1. The molecule has 0 spiro atoms. The van der Waals surface area contributed by atoms with Gasteiger partial charge in [0.25, 0.3) is 5.91 Å². The molecule has 0 atom stereocenters. The largest absolute Gasteiger partial charge is 0.505 e. The third-order valence-electron chi connectivity index (χ3n) is 4.65. The number of aromatic nitrogens is 1. The summed E-state index contributed by atoms with van der Waals surface area (Å²) in [6, 6.07) is 9.23. The zero-order chi connectivity index (χ0) is 22.4. The topological polar surface area (TPSA) is 104 Å². The number of ether oxygens (including phenoxy) is 1. The molecule has 0 saturated heterocycles. The number of fused-ring (bicyclic) bond motifs is 1. The summed E-state index contributed by atoms with van der Waals surface area (Å²) in [5, 5.41) is 19.3. The quantitative estimate of drug-likeness (QED) is 0.549. The van der Waals surface area contributed by atoms with E-state index in [1.54, 1.807) is 32.3 Å². The average Bonchev–Trinajstić information content (AvgIpc) is 2.78. The highest BCUT2D eigenvalue weighted by molar-refractivity contribution is 6.06. The van der Waals surface area contributed by atoms with Gasteiger partial charge >= 0.3 is 5.97 Å². The van der Waals surface area contributed by atoms with Crippen molar-refractivity contribution >= 4 is 29.5 Å². The zero-order valence-electron chi connectivity index (χ0n) is 17.6. The van der Waals surface area contributed by atoms with Crippen LogP contribution in [0.2, 0.25) is 0 Å². The smallest absolute Gasteiger partial charge is 0.325 e. The van der Waals surface area contributed by atoms with Crippen molar-refractivity contribution in [3.8, 4) is 11.1 Å². The van der Waals surface area contributed by atoms with E-state index in [1.165, 1.54) is 11.2 Å². The molecule has 1 aromatic heterocycles. The van der Waals surface area contributed by atoms with Gasteiger partial charge in [0.15, 0.2) is 11.5 Å². The number of benzene rings is 1. The van der Waals surface area contributed by atoms with Crippen LogP contribution in [0.4, 0.5) is 0 Å². The fraction of sp³-hybridized carbons (Fsp3) is 0.217. The highest BCUT2D eigenvalue weighted by atomic mass is 16.5. The van der Waals surface area contributed by atoms with Crippen molar-refractivity contribution in [1.82, 2.24) is 15.3 Å². The number of hydrazone groups is 1. The summed E-state index contributed by atoms with van der Waals surface area (Å²) in [6.07, 6.45) is 6.73. The van der Waals surface area contributed by atoms with Crippen LogP contribution < -0.4 is 5.32 Å². The van der Waals surface area contributed by atoms with Crippen molar-refractivity contribution in [2.24, 2.45) is 5.10 Å². The number of hydrogen-bond donors (Lipinski definition) is 2. The number of allylic oxidation sites excluding steroid dienone is 1. The SMILES string of the molecule is CC=C1c2c(cccc2-c2ccncc2)C(O)=C(C(=O)NCC(=O)OCC)N1/N=C\C. The molecule has 1 aromatic carbocycles. The Morgan fingerprint density at radius 1 is 1.19 bits per heavy atom. The van der Waals surface area contributed by atoms with E-state index in [4.69, 9.17) is 4.74 Å². The third kappa shape index (κ3) is 4.32. The van der Waals surface area contributed by atoms with Crippen LogP contribution in [-0.2, 0) is 14.3 Å². The standard InChI is InChI=1S/C23H24N4O4/c1-4-18-20-16(15-10-12-24-13-11-15)8-7-9-17(20)22(29)21(27(18)26-5-2)23(30)25-14-19(28)31-6-3/h4-5,7-13,29H,6,14H2,1-3H3,(H,25,30)/b18-4?,26-5-. The molecule has 2 N–H and O–H groups in total. The lowest BCUT2D eigenvalue weighted by molar-refractivity contribution is -0.143. The van der Waals surface area contributed by atoms with Gasteiger partial charge in [-0.2, -0.15) is 5.10 Å². The number of hydrogen-bond acceptors (Lipinski definition) is 7. The monoisotopic (exact) mass is 420 g/mol. The van der Waals surface area contributed by atoms with E-state index in [0.29, 0.717) is 11.3 Å². The Morgan fingerprint density at radius 2 is 1.90 bits per heavy atom. The molecule has 0 aliphatic carbocycles. The van der Waals surface area contributed by atoms with Crippen LogP contribution in [0.3, 0.4) is 0 Å². The number of pyridine rings is 1. The van der Waals surface area contributed by atoms with Crippen LogP contribution in [0.25, 0.3) is 22.6 Å². The first kappa shape index (κ1) is 21.8. The van der Waals surface area contributed by atoms with Crippen molar-refractivity contribution in [3.63, 3.8) is 0 Å². The van der Waals surface area contributed by atoms with Crippen LogP contribution >= 0.6 is 0 Å². The molecular formula is C23H24N4O4. The van der Waals surface area contributed by atoms with E-state index < -0.39 is 11.9 Å². The molecule has 3 rings (SSSR count). The molecule has 1 aliphatic rings. The molecule has 0 bridgehead atoms. The Hall–Kier alpha value is -3.94. The van der Waals surface area contributed by atoms with E-state index in [-0.39, 0.29) is 24.6 Å². The number of carbonyl (C=O) groups is 2. The second kappa shape index (κ2) is 9.71. The maximum atomic E-state index is 12.9. The molecule has 8 nitrogen and oxygen atoms in total. The molecule has 31 heavy (non-hydrogen) atoms. The Bertz CT molecular complexity index is 1070. The predicted octanol–water partition coefficient (Wildman–Crippen LogP) is 3.34. The van der Waals surface area contributed by atoms with Gasteiger partial charge in [0.05, 0.1) is 12.3 Å². The van der Waals surface area contributed by atoms with E-state index in [9.17, 15) is 14.7 Å². The van der Waals surface area contributed by atoms with Gasteiger partial charge in [-0.15, -0.1) is 0 Å². The second-order valence-corrected chi connectivity index (χ2v) is 6.51. The van der Waals surface area contributed by atoms with Crippen molar-refractivity contribution in [1.29, 1.82) is 0 Å². The van der Waals surface area contributed by atoms with Crippen molar-refractivity contribution in [2.75, 3.05) is 13.2 Å². The summed E-state index contributed by atoms with van der Waals surface area (Å²) in [5.41, 5.74) is 3.55. The molecule has 160 valence electrons. The number of rotatable bonds is 6. The van der Waals surface area contributed by atoms with Gasteiger partial charge in [-0.25, -0.2) is 5.01 Å². The zero-order valence-corrected chi connectivity index (χ0v) is 17.6. The van der Waals surface area contributed by atoms with E-state index in [0.717, 1.165) is 16.7 Å². The molecule has 1 aliphatic heterocycles. The number of carbonyl (C=O) groups excluding carboxylic acids is 2. The Labute approximate surface area is 180 Å². The number of aliphatic hydroxyl groups is 1. The first-order valence-corrected chi connectivity index (χ1v) is 9.89. The first-order chi connectivity index (χ1) is 15.0. The maximum absolute atomic E-state index is 12.9. The minimum absolute atomic E-state index is 0.0742. The normalized spacial score (nSPS) is 14.7. The summed E-state index contributed by atoms with van der Waals surface area (Å²) in [6.45, 7) is 5.12. The van der Waals surface area contributed by atoms with Crippen LogP contribution in [0.5, 0.6) is 0 Å². The molecule has 0 saturated carbocycles. The highest BCUT2D eigenvalue weighted by Gasteiger charge is 2.34. The Balaban J connectivity index is 2.15. The molecule has 2 heterocycles. The van der Waals surface area contributed by atoms with Crippen LogP contribution in [0.15, 0.2) is 59.6 Å². The molecule has 0 fully saturated rings. The Kier molecular flexibility index (Phi) is 6.81. The number of nitrogens with zero attached hydrogens (tertiary/aromatic N) is 3. The minimum atomic E-state index is -0.643. The van der Waals surface area contributed by atoms with Gasteiger partial charge in [-0.1, -0.05) is 24.3 Å². The van der Waals surface area contributed by atoms with Gasteiger partial charge in [-0.3, -0.25) is 14.6 Å². The average molecular weight is 420 g/mol.